The fourth-order valence-electron chi connectivity index (χ4n) is 1.16. The molecule has 1 N–H and O–H groups in total. The largest absolute Gasteiger partial charge is 0.480 e. The van der Waals surface area contributed by atoms with E-state index >= 15 is 0 Å². The molecule has 4 heteroatoms. The third-order valence-electron chi connectivity index (χ3n) is 1.99. The summed E-state index contributed by atoms with van der Waals surface area (Å²) in [6.45, 7) is 2.12. The first-order valence-electron chi connectivity index (χ1n) is 4.77. The van der Waals surface area contributed by atoms with Crippen molar-refractivity contribution in [2.75, 3.05) is 0 Å². The number of nitroso groups, excluding NO2 is 1. The van der Waals surface area contributed by atoms with Crippen LogP contribution in [0.2, 0.25) is 0 Å². The SMILES string of the molecule is CCCCCCCC(N=O)C(=O)O. The molecule has 0 amide bonds. The van der Waals surface area contributed by atoms with Gasteiger partial charge < -0.3 is 5.11 Å². The molecule has 4 nitrogen and oxygen atoms in total. The predicted octanol–water partition coefficient (Wildman–Crippen LogP) is 2.57. The van der Waals surface area contributed by atoms with E-state index in [-0.39, 0.29) is 0 Å². The Balaban J connectivity index is 3.39. The van der Waals surface area contributed by atoms with Crippen LogP contribution in [0.15, 0.2) is 5.18 Å². The molecule has 0 spiro atoms. The first-order chi connectivity index (χ1) is 6.22. The van der Waals surface area contributed by atoms with Crippen molar-refractivity contribution in [1.82, 2.24) is 0 Å². The number of carbonyl (C=O) groups is 1. The van der Waals surface area contributed by atoms with Gasteiger partial charge in [0.1, 0.15) is 0 Å². The van der Waals surface area contributed by atoms with E-state index in [1.165, 1.54) is 6.42 Å². The van der Waals surface area contributed by atoms with Crippen LogP contribution in [0.3, 0.4) is 0 Å². The zero-order chi connectivity index (χ0) is 10.1. The van der Waals surface area contributed by atoms with Crippen LogP contribution >= 0.6 is 0 Å². The van der Waals surface area contributed by atoms with Crippen molar-refractivity contribution in [3.63, 3.8) is 0 Å². The second kappa shape index (κ2) is 7.71. The van der Waals surface area contributed by atoms with E-state index in [2.05, 4.69) is 12.1 Å². The van der Waals surface area contributed by atoms with Crippen molar-refractivity contribution < 1.29 is 9.90 Å². The molecule has 1 atom stereocenters. The van der Waals surface area contributed by atoms with Crippen LogP contribution in [-0.2, 0) is 4.79 Å². The molecule has 13 heavy (non-hydrogen) atoms. The van der Waals surface area contributed by atoms with Crippen LogP contribution in [0.25, 0.3) is 0 Å². The molecule has 0 rings (SSSR count). The zero-order valence-corrected chi connectivity index (χ0v) is 8.03. The van der Waals surface area contributed by atoms with Crippen LogP contribution in [0.4, 0.5) is 0 Å². The van der Waals surface area contributed by atoms with Gasteiger partial charge in [0.15, 0.2) is 6.04 Å². The molecule has 0 fully saturated rings. The summed E-state index contributed by atoms with van der Waals surface area (Å²) in [5.74, 6) is -1.11. The molecule has 0 aliphatic carbocycles. The maximum Gasteiger partial charge on any atom is 0.332 e. The summed E-state index contributed by atoms with van der Waals surface area (Å²) in [4.78, 5) is 20.4. The molecular formula is C9H17NO3. The average Bonchev–Trinajstić information content (AvgIpc) is 2.10. The second-order valence-electron chi connectivity index (χ2n) is 3.16. The highest BCUT2D eigenvalue weighted by Gasteiger charge is 2.16. The van der Waals surface area contributed by atoms with Gasteiger partial charge in [-0.15, -0.1) is 4.91 Å². The molecule has 0 aromatic carbocycles. The minimum atomic E-state index is -1.11. The molecule has 0 aromatic heterocycles. The van der Waals surface area contributed by atoms with Crippen LogP contribution in [0, 0.1) is 4.91 Å². The maximum absolute atomic E-state index is 10.4. The van der Waals surface area contributed by atoms with Gasteiger partial charge in [-0.05, 0) is 6.42 Å². The Morgan fingerprint density at radius 2 is 1.92 bits per heavy atom. The number of unbranched alkanes of at least 4 members (excludes halogenated alkanes) is 4. The molecule has 0 bridgehead atoms. The summed E-state index contributed by atoms with van der Waals surface area (Å²) in [7, 11) is 0. The van der Waals surface area contributed by atoms with Gasteiger partial charge in [-0.1, -0.05) is 44.2 Å². The molecule has 0 saturated carbocycles. The maximum atomic E-state index is 10.4. The summed E-state index contributed by atoms with van der Waals surface area (Å²) in [6, 6.07) is -1.04. The smallest absolute Gasteiger partial charge is 0.332 e. The zero-order valence-electron chi connectivity index (χ0n) is 8.03. The van der Waals surface area contributed by atoms with Crippen molar-refractivity contribution in [2.24, 2.45) is 5.18 Å². The van der Waals surface area contributed by atoms with Gasteiger partial charge in [-0.3, -0.25) is 0 Å². The Morgan fingerprint density at radius 3 is 2.38 bits per heavy atom. The molecule has 1 unspecified atom stereocenters. The molecule has 0 heterocycles. The van der Waals surface area contributed by atoms with Crippen LogP contribution in [0.5, 0.6) is 0 Å². The Kier molecular flexibility index (Phi) is 7.15. The molecule has 0 aliphatic rings. The van der Waals surface area contributed by atoms with Crippen LogP contribution in [0.1, 0.15) is 45.4 Å². The van der Waals surface area contributed by atoms with Gasteiger partial charge in [0.2, 0.25) is 0 Å². The molecule has 0 saturated heterocycles. The number of carboxylic acids is 1. The first-order valence-corrected chi connectivity index (χ1v) is 4.77. The highest BCUT2D eigenvalue weighted by molar-refractivity contribution is 5.73. The lowest BCUT2D eigenvalue weighted by atomic mass is 10.1. The third-order valence-corrected chi connectivity index (χ3v) is 1.99. The van der Waals surface area contributed by atoms with E-state index in [1.54, 1.807) is 0 Å². The van der Waals surface area contributed by atoms with Crippen molar-refractivity contribution in [3.05, 3.63) is 4.91 Å². The van der Waals surface area contributed by atoms with Crippen LogP contribution < -0.4 is 0 Å². The lowest BCUT2D eigenvalue weighted by Crippen LogP contribution is -2.16. The van der Waals surface area contributed by atoms with E-state index < -0.39 is 12.0 Å². The first kappa shape index (κ1) is 12.1. The summed E-state index contributed by atoms with van der Waals surface area (Å²) in [5.41, 5.74) is 0. The highest BCUT2D eigenvalue weighted by atomic mass is 16.4. The topological polar surface area (TPSA) is 66.7 Å². The Labute approximate surface area is 78.3 Å². The summed E-state index contributed by atoms with van der Waals surface area (Å²) >= 11 is 0. The number of carboxylic acid groups (broad SMARTS) is 1. The van der Waals surface area contributed by atoms with Gasteiger partial charge >= 0.3 is 5.97 Å². The number of aliphatic carboxylic acids is 1. The third kappa shape index (κ3) is 6.25. The highest BCUT2D eigenvalue weighted by Crippen LogP contribution is 2.09. The van der Waals surface area contributed by atoms with Gasteiger partial charge in [0.05, 0.1) is 0 Å². The van der Waals surface area contributed by atoms with Crippen LogP contribution in [-0.4, -0.2) is 17.1 Å². The Bertz CT molecular complexity index is 159. The van der Waals surface area contributed by atoms with Crippen molar-refractivity contribution in [3.8, 4) is 0 Å². The van der Waals surface area contributed by atoms with E-state index in [4.69, 9.17) is 5.11 Å². The summed E-state index contributed by atoms with van der Waals surface area (Å²) in [5, 5.41) is 11.0. The number of nitrogens with zero attached hydrogens (tertiary/aromatic N) is 1. The molecular weight excluding hydrogens is 170 g/mol. The molecule has 0 aromatic rings. The number of hydrogen-bond donors (Lipinski definition) is 1. The van der Waals surface area contributed by atoms with E-state index in [9.17, 15) is 9.70 Å². The molecule has 76 valence electrons. The molecule has 0 aliphatic heterocycles. The quantitative estimate of drug-likeness (QED) is 0.469. The minimum absolute atomic E-state index is 0.378. The monoisotopic (exact) mass is 187 g/mol. The van der Waals surface area contributed by atoms with Crippen molar-refractivity contribution in [1.29, 1.82) is 0 Å². The number of rotatable bonds is 8. The summed E-state index contributed by atoms with van der Waals surface area (Å²) in [6.07, 6.45) is 5.60. The lowest BCUT2D eigenvalue weighted by Gasteiger charge is -2.02. The normalized spacial score (nSPS) is 12.4. The molecule has 0 radical (unpaired) electrons. The Hall–Kier alpha value is -0.930. The van der Waals surface area contributed by atoms with E-state index in [0.29, 0.717) is 6.42 Å². The van der Waals surface area contributed by atoms with Crippen molar-refractivity contribution >= 4 is 5.97 Å². The van der Waals surface area contributed by atoms with Gasteiger partial charge in [-0.25, -0.2) is 4.79 Å². The number of hydrogen-bond acceptors (Lipinski definition) is 3. The van der Waals surface area contributed by atoms with Crippen molar-refractivity contribution in [2.45, 2.75) is 51.5 Å². The van der Waals surface area contributed by atoms with Gasteiger partial charge in [0.25, 0.3) is 0 Å². The Morgan fingerprint density at radius 1 is 1.31 bits per heavy atom. The average molecular weight is 187 g/mol. The standard InChI is InChI=1S/C9H17NO3/c1-2-3-4-5-6-7-8(10-13)9(11)12/h8H,2-7H2,1H3,(H,11,12). The van der Waals surface area contributed by atoms with Gasteiger partial charge in [0, 0.05) is 0 Å². The second-order valence-corrected chi connectivity index (χ2v) is 3.16. The van der Waals surface area contributed by atoms with Gasteiger partial charge in [-0.2, -0.15) is 0 Å². The van der Waals surface area contributed by atoms with E-state index in [1.807, 2.05) is 0 Å². The summed E-state index contributed by atoms with van der Waals surface area (Å²) < 4.78 is 0. The lowest BCUT2D eigenvalue weighted by molar-refractivity contribution is -0.138. The minimum Gasteiger partial charge on any atom is -0.480 e. The fourth-order valence-corrected chi connectivity index (χ4v) is 1.16. The van der Waals surface area contributed by atoms with E-state index in [0.717, 1.165) is 25.7 Å². The fraction of sp³-hybridized carbons (Fsp3) is 0.889. The predicted molar refractivity (Wildman–Crippen MR) is 50.6 cm³/mol.